The predicted molar refractivity (Wildman–Crippen MR) is 93.5 cm³/mol. The fourth-order valence-corrected chi connectivity index (χ4v) is 4.06. The quantitative estimate of drug-likeness (QED) is 0.891. The molecule has 3 fully saturated rings. The number of nitrogens with one attached hydrogen (secondary N) is 1. The van der Waals surface area contributed by atoms with Gasteiger partial charge in [0, 0.05) is 26.2 Å². The average Bonchev–Trinajstić information content (AvgIpc) is 3.35. The molecule has 136 valence electrons. The smallest absolute Gasteiger partial charge is 0.249 e. The van der Waals surface area contributed by atoms with Crippen molar-refractivity contribution in [3.63, 3.8) is 0 Å². The first-order chi connectivity index (χ1) is 12.1. The second-order valence-corrected chi connectivity index (χ2v) is 7.92. The van der Waals surface area contributed by atoms with Crippen molar-refractivity contribution in [2.75, 3.05) is 19.6 Å². The maximum Gasteiger partial charge on any atom is 0.249 e. The Morgan fingerprint density at radius 2 is 2.04 bits per heavy atom. The van der Waals surface area contributed by atoms with Gasteiger partial charge in [-0.05, 0) is 62.1 Å². The molecule has 1 amide bonds. The summed E-state index contributed by atoms with van der Waals surface area (Å²) in [4.78, 5) is 14.6. The van der Waals surface area contributed by atoms with E-state index in [2.05, 4.69) is 10.2 Å². The molecule has 1 aromatic rings. The van der Waals surface area contributed by atoms with Crippen LogP contribution in [0.3, 0.4) is 0 Å². The van der Waals surface area contributed by atoms with Crippen LogP contribution in [0.5, 0.6) is 0 Å². The molecule has 1 spiro atoms. The normalized spacial score (nSPS) is 26.0. The van der Waals surface area contributed by atoms with Crippen LogP contribution in [-0.2, 0) is 16.1 Å². The number of benzene rings is 1. The highest BCUT2D eigenvalue weighted by Crippen LogP contribution is 2.39. The third-order valence-corrected chi connectivity index (χ3v) is 5.87. The first-order valence-corrected chi connectivity index (χ1v) is 9.54. The van der Waals surface area contributed by atoms with Crippen molar-refractivity contribution >= 4 is 5.91 Å². The van der Waals surface area contributed by atoms with Gasteiger partial charge in [0.05, 0.1) is 5.60 Å². The van der Waals surface area contributed by atoms with E-state index < -0.39 is 0 Å². The van der Waals surface area contributed by atoms with Crippen molar-refractivity contribution < 1.29 is 13.9 Å². The highest BCUT2D eigenvalue weighted by molar-refractivity contribution is 5.81. The number of piperidine rings is 1. The number of amides is 1. The summed E-state index contributed by atoms with van der Waals surface area (Å²) in [5.41, 5.74) is 0.889. The van der Waals surface area contributed by atoms with Gasteiger partial charge in [0.2, 0.25) is 5.91 Å². The fourth-order valence-electron chi connectivity index (χ4n) is 4.06. The van der Waals surface area contributed by atoms with E-state index in [4.69, 9.17) is 4.74 Å². The van der Waals surface area contributed by atoms with Crippen LogP contribution in [0.15, 0.2) is 24.3 Å². The van der Waals surface area contributed by atoms with Crippen molar-refractivity contribution in [2.45, 2.75) is 56.8 Å². The number of carbonyl (C=O) groups is 1. The lowest BCUT2D eigenvalue weighted by Gasteiger charge is -2.39. The Morgan fingerprint density at radius 3 is 2.76 bits per heavy atom. The second-order valence-electron chi connectivity index (χ2n) is 7.92. The van der Waals surface area contributed by atoms with Gasteiger partial charge in [-0.1, -0.05) is 12.1 Å². The minimum atomic E-state index is -0.270. The summed E-state index contributed by atoms with van der Waals surface area (Å²) in [6.07, 6.45) is 5.94. The molecule has 1 unspecified atom stereocenters. The van der Waals surface area contributed by atoms with E-state index in [0.29, 0.717) is 5.92 Å². The highest BCUT2D eigenvalue weighted by Gasteiger charge is 2.44. The Hall–Kier alpha value is -1.46. The number of hydrogen-bond donors (Lipinski definition) is 1. The molecule has 2 saturated heterocycles. The topological polar surface area (TPSA) is 41.6 Å². The fraction of sp³-hybridized carbons (Fsp3) is 0.650. The summed E-state index contributed by atoms with van der Waals surface area (Å²) < 4.78 is 19.5. The monoisotopic (exact) mass is 346 g/mol. The van der Waals surface area contributed by atoms with Gasteiger partial charge < -0.3 is 10.1 Å². The Labute approximate surface area is 148 Å². The van der Waals surface area contributed by atoms with E-state index >= 15 is 0 Å². The van der Waals surface area contributed by atoms with Crippen LogP contribution in [0.1, 0.15) is 44.1 Å². The molecule has 1 saturated carbocycles. The van der Waals surface area contributed by atoms with Crippen molar-refractivity contribution in [1.82, 2.24) is 10.2 Å². The molecule has 3 aliphatic rings. The Bertz CT molecular complexity index is 624. The lowest BCUT2D eigenvalue weighted by molar-refractivity contribution is -0.140. The third-order valence-electron chi connectivity index (χ3n) is 5.87. The molecular formula is C20H27FN2O2. The second kappa shape index (κ2) is 7.04. The molecule has 0 aromatic heterocycles. The molecule has 1 aromatic carbocycles. The van der Waals surface area contributed by atoms with Gasteiger partial charge in [-0.2, -0.15) is 0 Å². The van der Waals surface area contributed by atoms with Gasteiger partial charge in [-0.15, -0.1) is 0 Å². The molecule has 5 heteroatoms. The highest BCUT2D eigenvalue weighted by atomic mass is 19.1. The zero-order valence-electron chi connectivity index (χ0n) is 14.7. The molecule has 0 radical (unpaired) electrons. The zero-order valence-corrected chi connectivity index (χ0v) is 14.7. The van der Waals surface area contributed by atoms with Gasteiger partial charge in [0.25, 0.3) is 0 Å². The Morgan fingerprint density at radius 1 is 1.24 bits per heavy atom. The number of rotatable bonds is 5. The molecule has 4 nitrogen and oxygen atoms in total. The minimum Gasteiger partial charge on any atom is -0.362 e. The first-order valence-electron chi connectivity index (χ1n) is 9.54. The van der Waals surface area contributed by atoms with Crippen LogP contribution in [-0.4, -0.2) is 42.1 Å². The largest absolute Gasteiger partial charge is 0.362 e. The van der Waals surface area contributed by atoms with E-state index in [9.17, 15) is 9.18 Å². The number of carbonyl (C=O) groups excluding carboxylic acids is 1. The molecule has 1 atom stereocenters. The van der Waals surface area contributed by atoms with Crippen LogP contribution in [0.4, 0.5) is 4.39 Å². The molecule has 2 aliphatic heterocycles. The van der Waals surface area contributed by atoms with Crippen molar-refractivity contribution in [1.29, 1.82) is 0 Å². The maximum absolute atomic E-state index is 13.3. The van der Waals surface area contributed by atoms with Crippen molar-refractivity contribution in [3.05, 3.63) is 35.6 Å². The summed E-state index contributed by atoms with van der Waals surface area (Å²) in [7, 11) is 0. The number of nitrogens with zero attached hydrogens (tertiary/aromatic N) is 1. The maximum atomic E-state index is 13.3. The van der Waals surface area contributed by atoms with E-state index in [1.807, 2.05) is 6.07 Å². The van der Waals surface area contributed by atoms with Gasteiger partial charge in [-0.3, -0.25) is 9.69 Å². The van der Waals surface area contributed by atoms with E-state index in [1.54, 1.807) is 12.1 Å². The molecular weight excluding hydrogens is 319 g/mol. The summed E-state index contributed by atoms with van der Waals surface area (Å²) in [5.74, 6) is 0.599. The third kappa shape index (κ3) is 4.21. The minimum absolute atomic E-state index is 0.0750. The number of hydrogen-bond acceptors (Lipinski definition) is 3. The first kappa shape index (κ1) is 17.0. The van der Waals surface area contributed by atoms with E-state index in [-0.39, 0.29) is 23.4 Å². The molecule has 0 bridgehead atoms. The lowest BCUT2D eigenvalue weighted by Crippen LogP contribution is -2.45. The SMILES string of the molecule is O=C(NCC1CC1)C1CCC2(CCN(Cc3cccc(F)c3)CC2)O1. The van der Waals surface area contributed by atoms with Crippen LogP contribution in [0.25, 0.3) is 0 Å². The summed E-state index contributed by atoms with van der Waals surface area (Å²) in [5, 5.41) is 3.05. The van der Waals surface area contributed by atoms with Crippen molar-refractivity contribution in [2.24, 2.45) is 5.92 Å². The summed E-state index contributed by atoms with van der Waals surface area (Å²) >= 11 is 0. The standard InChI is InChI=1S/C20H27FN2O2/c21-17-3-1-2-16(12-17)14-23-10-8-20(9-11-23)7-6-18(25-20)19(24)22-13-15-4-5-15/h1-3,12,15,18H,4-11,13-14H2,(H,22,24). The summed E-state index contributed by atoms with van der Waals surface area (Å²) in [6.45, 7) is 3.46. The van der Waals surface area contributed by atoms with Gasteiger partial charge >= 0.3 is 0 Å². The number of halogens is 1. The molecule has 1 N–H and O–H groups in total. The number of likely N-dealkylation sites (tertiary alicyclic amines) is 1. The molecule has 1 aliphatic carbocycles. The zero-order chi connectivity index (χ0) is 17.3. The van der Waals surface area contributed by atoms with Crippen LogP contribution in [0, 0.1) is 11.7 Å². The van der Waals surface area contributed by atoms with Crippen LogP contribution < -0.4 is 5.32 Å². The Balaban J connectivity index is 1.25. The Kier molecular flexibility index (Phi) is 4.78. The predicted octanol–water partition coefficient (Wildman–Crippen LogP) is 2.87. The molecule has 4 rings (SSSR count). The molecule has 2 heterocycles. The van der Waals surface area contributed by atoms with Crippen LogP contribution in [0.2, 0.25) is 0 Å². The van der Waals surface area contributed by atoms with E-state index in [1.165, 1.54) is 18.9 Å². The van der Waals surface area contributed by atoms with E-state index in [0.717, 1.165) is 57.4 Å². The summed E-state index contributed by atoms with van der Waals surface area (Å²) in [6, 6.07) is 6.83. The van der Waals surface area contributed by atoms with Gasteiger partial charge in [-0.25, -0.2) is 4.39 Å². The van der Waals surface area contributed by atoms with Crippen molar-refractivity contribution in [3.8, 4) is 0 Å². The average molecular weight is 346 g/mol. The lowest BCUT2D eigenvalue weighted by atomic mass is 9.88. The van der Waals surface area contributed by atoms with Crippen LogP contribution >= 0.6 is 0 Å². The van der Waals surface area contributed by atoms with Gasteiger partial charge in [0.15, 0.2) is 0 Å². The number of ether oxygens (including phenoxy) is 1. The molecule has 25 heavy (non-hydrogen) atoms. The van der Waals surface area contributed by atoms with Gasteiger partial charge in [0.1, 0.15) is 11.9 Å².